The highest BCUT2D eigenvalue weighted by Gasteiger charge is 2.10. The molecule has 4 aromatic rings. The Morgan fingerprint density at radius 2 is 1.76 bits per heavy atom. The standard InChI is InChI=1S/C22H16Cl2N2O3/c1-13-10-15(23)4-8-19(13)28-12-21(27)25-17-6-2-14(3-7-17)22-26-18-11-16(24)5-9-20(18)29-22/h2-11H,12H2,1H3,(H,25,27). The first-order valence-corrected chi connectivity index (χ1v) is 9.59. The maximum absolute atomic E-state index is 12.2. The molecule has 1 heterocycles. The molecule has 7 heteroatoms. The second-order valence-electron chi connectivity index (χ2n) is 6.46. The van der Waals surface area contributed by atoms with Crippen LogP contribution in [0.5, 0.6) is 5.75 Å². The first kappa shape index (κ1) is 19.3. The number of oxazole rings is 1. The van der Waals surface area contributed by atoms with E-state index < -0.39 is 0 Å². The van der Waals surface area contributed by atoms with Crippen LogP contribution in [0, 0.1) is 6.92 Å². The van der Waals surface area contributed by atoms with Crippen molar-refractivity contribution in [1.29, 1.82) is 0 Å². The van der Waals surface area contributed by atoms with Gasteiger partial charge in [-0.1, -0.05) is 23.2 Å². The minimum atomic E-state index is -0.261. The Morgan fingerprint density at radius 1 is 1.03 bits per heavy atom. The van der Waals surface area contributed by atoms with E-state index in [0.29, 0.717) is 38.5 Å². The van der Waals surface area contributed by atoms with E-state index in [1.54, 1.807) is 48.5 Å². The lowest BCUT2D eigenvalue weighted by Gasteiger charge is -2.10. The zero-order valence-electron chi connectivity index (χ0n) is 15.4. The van der Waals surface area contributed by atoms with Gasteiger partial charge in [0.25, 0.3) is 5.91 Å². The second kappa shape index (κ2) is 8.15. The Kier molecular flexibility index (Phi) is 5.43. The van der Waals surface area contributed by atoms with Crippen molar-refractivity contribution < 1.29 is 13.9 Å². The smallest absolute Gasteiger partial charge is 0.262 e. The van der Waals surface area contributed by atoms with Gasteiger partial charge in [-0.05, 0) is 73.2 Å². The molecule has 0 fully saturated rings. The molecule has 0 spiro atoms. The van der Waals surface area contributed by atoms with Gasteiger partial charge in [0.1, 0.15) is 11.3 Å². The number of benzene rings is 3. The highest BCUT2D eigenvalue weighted by atomic mass is 35.5. The molecule has 1 N–H and O–H groups in total. The molecule has 0 aliphatic rings. The van der Waals surface area contributed by atoms with E-state index in [9.17, 15) is 4.79 Å². The summed E-state index contributed by atoms with van der Waals surface area (Å²) < 4.78 is 11.3. The van der Waals surface area contributed by atoms with Crippen LogP contribution in [-0.4, -0.2) is 17.5 Å². The maximum Gasteiger partial charge on any atom is 0.262 e. The Hall–Kier alpha value is -3.02. The highest BCUT2D eigenvalue weighted by molar-refractivity contribution is 6.31. The second-order valence-corrected chi connectivity index (χ2v) is 7.33. The Morgan fingerprint density at radius 3 is 2.52 bits per heavy atom. The average molecular weight is 427 g/mol. The summed E-state index contributed by atoms with van der Waals surface area (Å²) in [4.78, 5) is 16.6. The number of aromatic nitrogens is 1. The fourth-order valence-corrected chi connectivity index (χ4v) is 3.23. The predicted octanol–water partition coefficient (Wildman–Crippen LogP) is 6.13. The van der Waals surface area contributed by atoms with Gasteiger partial charge in [-0.3, -0.25) is 4.79 Å². The van der Waals surface area contributed by atoms with Crippen molar-refractivity contribution in [1.82, 2.24) is 4.98 Å². The maximum atomic E-state index is 12.2. The number of nitrogens with one attached hydrogen (secondary N) is 1. The number of hydrogen-bond acceptors (Lipinski definition) is 4. The van der Waals surface area contributed by atoms with Crippen LogP contribution in [0.4, 0.5) is 5.69 Å². The normalized spacial score (nSPS) is 10.9. The topological polar surface area (TPSA) is 64.4 Å². The minimum Gasteiger partial charge on any atom is -0.483 e. The molecule has 3 aromatic carbocycles. The van der Waals surface area contributed by atoms with Crippen LogP contribution in [0.2, 0.25) is 10.0 Å². The molecule has 0 atom stereocenters. The molecule has 0 saturated heterocycles. The monoisotopic (exact) mass is 426 g/mol. The third-order valence-electron chi connectivity index (χ3n) is 4.26. The Bertz CT molecular complexity index is 1190. The third-order valence-corrected chi connectivity index (χ3v) is 4.73. The van der Waals surface area contributed by atoms with Crippen molar-refractivity contribution in [2.24, 2.45) is 0 Å². The highest BCUT2D eigenvalue weighted by Crippen LogP contribution is 2.27. The third kappa shape index (κ3) is 4.53. The number of hydrogen-bond donors (Lipinski definition) is 1. The predicted molar refractivity (Wildman–Crippen MR) is 115 cm³/mol. The van der Waals surface area contributed by atoms with E-state index in [1.165, 1.54) is 0 Å². The lowest BCUT2D eigenvalue weighted by Crippen LogP contribution is -2.20. The van der Waals surface area contributed by atoms with Crippen molar-refractivity contribution in [3.05, 3.63) is 76.3 Å². The summed E-state index contributed by atoms with van der Waals surface area (Å²) in [7, 11) is 0. The molecule has 146 valence electrons. The van der Waals surface area contributed by atoms with E-state index >= 15 is 0 Å². The molecule has 0 aliphatic heterocycles. The minimum absolute atomic E-state index is 0.101. The summed E-state index contributed by atoms with van der Waals surface area (Å²) >= 11 is 11.9. The van der Waals surface area contributed by atoms with Crippen molar-refractivity contribution in [2.45, 2.75) is 6.92 Å². The summed E-state index contributed by atoms with van der Waals surface area (Å²) in [6.45, 7) is 1.77. The van der Waals surface area contributed by atoms with E-state index in [1.807, 2.05) is 19.1 Å². The van der Waals surface area contributed by atoms with Crippen molar-refractivity contribution >= 4 is 45.9 Å². The van der Waals surface area contributed by atoms with Gasteiger partial charge in [0.15, 0.2) is 12.2 Å². The summed E-state index contributed by atoms with van der Waals surface area (Å²) in [5, 5.41) is 4.03. The van der Waals surface area contributed by atoms with Crippen molar-refractivity contribution in [2.75, 3.05) is 11.9 Å². The van der Waals surface area contributed by atoms with Gasteiger partial charge in [0, 0.05) is 21.3 Å². The van der Waals surface area contributed by atoms with Gasteiger partial charge in [0.2, 0.25) is 5.89 Å². The molecule has 5 nitrogen and oxygen atoms in total. The van der Waals surface area contributed by atoms with Crippen LogP contribution in [0.25, 0.3) is 22.6 Å². The Labute approximate surface area is 177 Å². The molecule has 0 aliphatic carbocycles. The quantitative estimate of drug-likeness (QED) is 0.416. The fraction of sp³-hybridized carbons (Fsp3) is 0.0909. The van der Waals surface area contributed by atoms with Crippen LogP contribution in [0.15, 0.2) is 65.1 Å². The Balaban J connectivity index is 1.40. The van der Waals surface area contributed by atoms with Gasteiger partial charge in [-0.2, -0.15) is 0 Å². The summed E-state index contributed by atoms with van der Waals surface area (Å²) in [6, 6.07) is 17.8. The number of fused-ring (bicyclic) bond motifs is 1. The van der Waals surface area contributed by atoms with Gasteiger partial charge in [-0.15, -0.1) is 0 Å². The zero-order chi connectivity index (χ0) is 20.4. The molecule has 1 aromatic heterocycles. The van der Waals surface area contributed by atoms with Gasteiger partial charge in [0.05, 0.1) is 0 Å². The lowest BCUT2D eigenvalue weighted by atomic mass is 10.2. The zero-order valence-corrected chi connectivity index (χ0v) is 16.9. The molecule has 1 amide bonds. The van der Waals surface area contributed by atoms with E-state index in [0.717, 1.165) is 11.1 Å². The number of anilines is 1. The first-order valence-electron chi connectivity index (χ1n) is 8.83. The number of aryl methyl sites for hydroxylation is 1. The average Bonchev–Trinajstić information content (AvgIpc) is 3.11. The van der Waals surface area contributed by atoms with E-state index in [4.69, 9.17) is 32.4 Å². The number of nitrogens with zero attached hydrogens (tertiary/aromatic N) is 1. The molecule has 0 bridgehead atoms. The number of carbonyl (C=O) groups excluding carboxylic acids is 1. The summed E-state index contributed by atoms with van der Waals surface area (Å²) in [5.74, 6) is 0.848. The summed E-state index contributed by atoms with van der Waals surface area (Å²) in [6.07, 6.45) is 0. The fourth-order valence-electron chi connectivity index (χ4n) is 2.84. The van der Waals surface area contributed by atoms with Crippen LogP contribution in [0.1, 0.15) is 5.56 Å². The molecular formula is C22H16Cl2N2O3. The van der Waals surface area contributed by atoms with Crippen LogP contribution in [-0.2, 0) is 4.79 Å². The molecule has 29 heavy (non-hydrogen) atoms. The van der Waals surface area contributed by atoms with Gasteiger partial charge >= 0.3 is 0 Å². The number of ether oxygens (including phenoxy) is 1. The number of rotatable bonds is 5. The first-order chi connectivity index (χ1) is 14.0. The van der Waals surface area contributed by atoms with Crippen molar-refractivity contribution in [3.8, 4) is 17.2 Å². The molecule has 0 unspecified atom stereocenters. The van der Waals surface area contributed by atoms with Crippen molar-refractivity contribution in [3.63, 3.8) is 0 Å². The van der Waals surface area contributed by atoms with Crippen LogP contribution < -0.4 is 10.1 Å². The number of amides is 1. The molecule has 4 rings (SSSR count). The molecule has 0 saturated carbocycles. The van der Waals surface area contributed by atoms with E-state index in [2.05, 4.69) is 10.3 Å². The lowest BCUT2D eigenvalue weighted by molar-refractivity contribution is -0.118. The van der Waals surface area contributed by atoms with Crippen LogP contribution >= 0.6 is 23.2 Å². The molecular weight excluding hydrogens is 411 g/mol. The largest absolute Gasteiger partial charge is 0.483 e. The number of carbonyl (C=O) groups is 1. The van der Waals surface area contributed by atoms with Crippen LogP contribution in [0.3, 0.4) is 0 Å². The SMILES string of the molecule is Cc1cc(Cl)ccc1OCC(=O)Nc1ccc(-c2nc3cc(Cl)ccc3o2)cc1. The van der Waals surface area contributed by atoms with Gasteiger partial charge in [-0.25, -0.2) is 4.98 Å². The van der Waals surface area contributed by atoms with Gasteiger partial charge < -0.3 is 14.5 Å². The molecule has 0 radical (unpaired) electrons. The van der Waals surface area contributed by atoms with E-state index in [-0.39, 0.29) is 12.5 Å². The summed E-state index contributed by atoms with van der Waals surface area (Å²) in [5.41, 5.74) is 3.67. The number of halogens is 2.